The standard InChI is InChI=1S/C14H22O5/c1-9(15)17-12-8-14(16)7-11(18-13(14)19-12)10-5-3-2-4-6-10/h10-13,16H,2-8H2,1H3/t11-,12?,13+,14+/m0/s1. The number of carbonyl (C=O) groups excluding carboxylic acids is 1. The van der Waals surface area contributed by atoms with E-state index in [1.165, 1.54) is 39.0 Å². The van der Waals surface area contributed by atoms with E-state index in [1.54, 1.807) is 0 Å². The third-order valence-electron chi connectivity index (χ3n) is 4.56. The van der Waals surface area contributed by atoms with Gasteiger partial charge >= 0.3 is 5.97 Å². The molecule has 108 valence electrons. The topological polar surface area (TPSA) is 65.0 Å². The monoisotopic (exact) mass is 270 g/mol. The lowest BCUT2D eigenvalue weighted by atomic mass is 9.82. The molecule has 3 aliphatic rings. The Kier molecular flexibility index (Phi) is 3.53. The third-order valence-corrected chi connectivity index (χ3v) is 4.56. The fraction of sp³-hybridized carbons (Fsp3) is 0.929. The van der Waals surface area contributed by atoms with Crippen LogP contribution >= 0.6 is 0 Å². The van der Waals surface area contributed by atoms with Gasteiger partial charge in [-0.3, -0.25) is 4.79 Å². The van der Waals surface area contributed by atoms with E-state index in [1.807, 2.05) is 0 Å². The van der Waals surface area contributed by atoms with Gasteiger partial charge in [0.2, 0.25) is 6.29 Å². The number of aliphatic hydroxyl groups is 1. The molecular formula is C14H22O5. The summed E-state index contributed by atoms with van der Waals surface area (Å²) >= 11 is 0. The first kappa shape index (κ1) is 13.3. The molecule has 0 bridgehead atoms. The van der Waals surface area contributed by atoms with Crippen LogP contribution in [0.5, 0.6) is 0 Å². The normalized spacial score (nSPS) is 43.2. The number of esters is 1. The molecule has 3 fully saturated rings. The second-order valence-corrected chi connectivity index (χ2v) is 6.09. The summed E-state index contributed by atoms with van der Waals surface area (Å²) in [5, 5.41) is 10.6. The van der Waals surface area contributed by atoms with E-state index in [0.717, 1.165) is 0 Å². The Morgan fingerprint density at radius 2 is 1.95 bits per heavy atom. The lowest BCUT2D eigenvalue weighted by molar-refractivity contribution is -0.220. The van der Waals surface area contributed by atoms with Gasteiger partial charge < -0.3 is 19.3 Å². The smallest absolute Gasteiger partial charge is 0.304 e. The van der Waals surface area contributed by atoms with Crippen molar-refractivity contribution in [3.8, 4) is 0 Å². The predicted octanol–water partition coefficient (Wildman–Crippen LogP) is 1.72. The van der Waals surface area contributed by atoms with E-state index in [2.05, 4.69) is 0 Å². The molecule has 5 heteroatoms. The van der Waals surface area contributed by atoms with Crippen molar-refractivity contribution < 1.29 is 24.1 Å². The molecule has 0 amide bonds. The van der Waals surface area contributed by atoms with Crippen molar-refractivity contribution in [2.24, 2.45) is 5.92 Å². The van der Waals surface area contributed by atoms with E-state index < -0.39 is 24.2 Å². The first-order chi connectivity index (χ1) is 9.07. The van der Waals surface area contributed by atoms with Gasteiger partial charge in [0.25, 0.3) is 0 Å². The number of ether oxygens (including phenoxy) is 3. The quantitative estimate of drug-likeness (QED) is 0.774. The van der Waals surface area contributed by atoms with Crippen LogP contribution in [0.1, 0.15) is 51.9 Å². The predicted molar refractivity (Wildman–Crippen MR) is 66.1 cm³/mol. The van der Waals surface area contributed by atoms with Crippen molar-refractivity contribution >= 4 is 5.97 Å². The average molecular weight is 270 g/mol. The Morgan fingerprint density at radius 1 is 1.21 bits per heavy atom. The average Bonchev–Trinajstić information content (AvgIpc) is 2.80. The number of fused-ring (bicyclic) bond motifs is 1. The lowest BCUT2D eigenvalue weighted by Crippen LogP contribution is -2.33. The molecule has 0 aromatic heterocycles. The molecule has 1 saturated carbocycles. The van der Waals surface area contributed by atoms with Gasteiger partial charge in [-0.1, -0.05) is 19.3 Å². The number of carbonyl (C=O) groups is 1. The van der Waals surface area contributed by atoms with Crippen molar-refractivity contribution in [2.75, 3.05) is 0 Å². The first-order valence-electron chi connectivity index (χ1n) is 7.27. The molecule has 0 aromatic rings. The minimum absolute atomic E-state index is 0.0913. The molecule has 2 aliphatic heterocycles. The van der Waals surface area contributed by atoms with E-state index in [9.17, 15) is 9.90 Å². The summed E-state index contributed by atoms with van der Waals surface area (Å²) in [4.78, 5) is 10.9. The Balaban J connectivity index is 1.59. The summed E-state index contributed by atoms with van der Waals surface area (Å²) in [5.41, 5.74) is -0.984. The largest absolute Gasteiger partial charge is 0.436 e. The second kappa shape index (κ2) is 5.04. The van der Waals surface area contributed by atoms with Crippen molar-refractivity contribution in [1.29, 1.82) is 0 Å². The van der Waals surface area contributed by atoms with Crippen LogP contribution in [0.3, 0.4) is 0 Å². The molecule has 0 aromatic carbocycles. The third kappa shape index (κ3) is 2.64. The van der Waals surface area contributed by atoms with Crippen molar-refractivity contribution in [2.45, 2.75) is 76.2 Å². The minimum Gasteiger partial charge on any atom is -0.436 e. The van der Waals surface area contributed by atoms with Crippen LogP contribution in [0.2, 0.25) is 0 Å². The molecule has 2 saturated heterocycles. The lowest BCUT2D eigenvalue weighted by Gasteiger charge is -2.27. The highest BCUT2D eigenvalue weighted by Crippen LogP contribution is 2.46. The Bertz CT molecular complexity index is 352. The highest BCUT2D eigenvalue weighted by Gasteiger charge is 2.57. The van der Waals surface area contributed by atoms with E-state index >= 15 is 0 Å². The zero-order valence-electron chi connectivity index (χ0n) is 11.3. The van der Waals surface area contributed by atoms with E-state index in [-0.39, 0.29) is 6.10 Å². The number of hydrogen-bond donors (Lipinski definition) is 1. The van der Waals surface area contributed by atoms with Crippen LogP contribution in [-0.2, 0) is 19.0 Å². The van der Waals surface area contributed by atoms with Crippen LogP contribution in [0, 0.1) is 5.92 Å². The first-order valence-corrected chi connectivity index (χ1v) is 7.27. The van der Waals surface area contributed by atoms with Crippen LogP contribution in [0.4, 0.5) is 0 Å². The van der Waals surface area contributed by atoms with Crippen molar-refractivity contribution in [3.05, 3.63) is 0 Å². The van der Waals surface area contributed by atoms with Gasteiger partial charge in [0.15, 0.2) is 6.29 Å². The minimum atomic E-state index is -0.984. The summed E-state index contributed by atoms with van der Waals surface area (Å²) in [6.45, 7) is 1.34. The van der Waals surface area contributed by atoms with Crippen molar-refractivity contribution in [1.82, 2.24) is 0 Å². The maximum absolute atomic E-state index is 10.9. The zero-order chi connectivity index (χ0) is 13.5. The second-order valence-electron chi connectivity index (χ2n) is 6.09. The van der Waals surface area contributed by atoms with Gasteiger partial charge in [-0.25, -0.2) is 0 Å². The Morgan fingerprint density at radius 3 is 2.58 bits per heavy atom. The fourth-order valence-corrected chi connectivity index (χ4v) is 3.63. The molecular weight excluding hydrogens is 248 g/mol. The molecule has 5 nitrogen and oxygen atoms in total. The van der Waals surface area contributed by atoms with E-state index in [0.29, 0.717) is 18.8 Å². The Labute approximate surface area is 113 Å². The van der Waals surface area contributed by atoms with Gasteiger partial charge in [-0.2, -0.15) is 0 Å². The SMILES string of the molecule is CC(=O)OC1C[C@]2(O)C[C@@H](C3CCCCC3)O[C@@H]2O1. The zero-order valence-corrected chi connectivity index (χ0v) is 11.3. The van der Waals surface area contributed by atoms with Gasteiger partial charge in [0, 0.05) is 19.8 Å². The van der Waals surface area contributed by atoms with Crippen molar-refractivity contribution in [3.63, 3.8) is 0 Å². The highest BCUT2D eigenvalue weighted by atomic mass is 16.8. The van der Waals surface area contributed by atoms with Gasteiger partial charge in [-0.15, -0.1) is 0 Å². The van der Waals surface area contributed by atoms with E-state index in [4.69, 9.17) is 14.2 Å². The number of hydrogen-bond acceptors (Lipinski definition) is 5. The molecule has 4 atom stereocenters. The molecule has 0 radical (unpaired) electrons. The van der Waals surface area contributed by atoms with Crippen LogP contribution in [0.15, 0.2) is 0 Å². The molecule has 2 heterocycles. The van der Waals surface area contributed by atoms with Crippen LogP contribution in [-0.4, -0.2) is 35.4 Å². The summed E-state index contributed by atoms with van der Waals surface area (Å²) in [5.74, 6) is 0.150. The summed E-state index contributed by atoms with van der Waals surface area (Å²) < 4.78 is 16.4. The summed E-state index contributed by atoms with van der Waals surface area (Å²) in [7, 11) is 0. The maximum Gasteiger partial charge on any atom is 0.304 e. The molecule has 1 unspecified atom stereocenters. The maximum atomic E-state index is 10.9. The molecule has 19 heavy (non-hydrogen) atoms. The number of rotatable bonds is 2. The Hall–Kier alpha value is -0.650. The molecule has 1 aliphatic carbocycles. The van der Waals surface area contributed by atoms with Gasteiger partial charge in [0.05, 0.1) is 6.10 Å². The highest BCUT2D eigenvalue weighted by molar-refractivity contribution is 5.66. The molecule has 3 rings (SSSR count). The summed E-state index contributed by atoms with van der Waals surface area (Å²) in [6, 6.07) is 0. The summed E-state index contributed by atoms with van der Waals surface area (Å²) in [6.07, 6.45) is 5.89. The molecule has 1 N–H and O–H groups in total. The van der Waals surface area contributed by atoms with Crippen LogP contribution < -0.4 is 0 Å². The fourth-order valence-electron chi connectivity index (χ4n) is 3.63. The van der Waals surface area contributed by atoms with Gasteiger partial charge in [-0.05, 0) is 18.8 Å². The van der Waals surface area contributed by atoms with Crippen LogP contribution in [0.25, 0.3) is 0 Å². The molecule has 0 spiro atoms. The van der Waals surface area contributed by atoms with Gasteiger partial charge in [0.1, 0.15) is 5.60 Å².